The molecule has 6 N–H and O–H groups in total. The van der Waals surface area contributed by atoms with Crippen LogP contribution < -0.4 is 22.1 Å². The van der Waals surface area contributed by atoms with Gasteiger partial charge in [0.25, 0.3) is 0 Å². The summed E-state index contributed by atoms with van der Waals surface area (Å²) in [5.74, 6) is 1.41. The predicted molar refractivity (Wildman–Crippen MR) is 102 cm³/mol. The molecule has 2 rings (SSSR count). The molecule has 0 saturated carbocycles. The third-order valence-corrected chi connectivity index (χ3v) is 5.24. The van der Waals surface area contributed by atoms with Crippen molar-refractivity contribution in [3.05, 3.63) is 0 Å². The first-order valence-corrected chi connectivity index (χ1v) is 10.1. The largest absolute Gasteiger partial charge is 0.370 e. The molecule has 0 spiro atoms. The maximum atomic E-state index is 10.2. The molecule has 0 aliphatic carbocycles. The second-order valence-electron chi connectivity index (χ2n) is 7.46. The Balaban J connectivity index is 0.000000275. The second-order valence-corrected chi connectivity index (χ2v) is 7.46. The normalized spacial score (nSPS) is 19.0. The van der Waals surface area contributed by atoms with Crippen LogP contribution in [0.25, 0.3) is 0 Å². The minimum atomic E-state index is -0.329. The highest BCUT2D eigenvalue weighted by molar-refractivity contribution is 5.74. The lowest BCUT2D eigenvalue weighted by Crippen LogP contribution is -2.29. The van der Waals surface area contributed by atoms with Gasteiger partial charge in [-0.15, -0.1) is 0 Å². The van der Waals surface area contributed by atoms with Crippen LogP contribution >= 0.6 is 0 Å². The average Bonchev–Trinajstić information content (AvgIpc) is 2.61. The third kappa shape index (κ3) is 12.8. The van der Waals surface area contributed by atoms with Gasteiger partial charge in [0.15, 0.2) is 0 Å². The van der Waals surface area contributed by atoms with Crippen LogP contribution in [0.4, 0.5) is 0 Å². The van der Waals surface area contributed by atoms with Crippen LogP contribution in [-0.4, -0.2) is 38.0 Å². The fraction of sp³-hybridized carbons (Fsp3) is 0.895. The van der Waals surface area contributed by atoms with E-state index in [0.717, 1.165) is 11.8 Å². The minimum Gasteiger partial charge on any atom is -0.370 e. The number of piperidine rings is 2. The molecule has 0 atom stereocenters. The molecule has 0 aromatic carbocycles. The van der Waals surface area contributed by atoms with Gasteiger partial charge in [-0.05, 0) is 76.5 Å². The number of hydrogen-bond donors (Lipinski definition) is 4. The number of carbonyl (C=O) groups excluding carboxylic acids is 2. The Morgan fingerprint density at radius 2 is 1.04 bits per heavy atom. The zero-order chi connectivity index (χ0) is 18.3. The summed E-state index contributed by atoms with van der Waals surface area (Å²) in [4.78, 5) is 20.3. The fourth-order valence-corrected chi connectivity index (χ4v) is 3.63. The van der Waals surface area contributed by atoms with Gasteiger partial charge >= 0.3 is 0 Å². The summed E-state index contributed by atoms with van der Waals surface area (Å²) in [7, 11) is 0. The first kappa shape index (κ1) is 21.9. The van der Waals surface area contributed by atoms with Gasteiger partial charge in [0.2, 0.25) is 11.8 Å². The molecule has 2 fully saturated rings. The van der Waals surface area contributed by atoms with Crippen LogP contribution in [0.3, 0.4) is 0 Å². The molecule has 0 aromatic heterocycles. The van der Waals surface area contributed by atoms with E-state index in [1.807, 2.05) is 0 Å². The lowest BCUT2D eigenvalue weighted by Gasteiger charge is -2.25. The number of amides is 2. The lowest BCUT2D eigenvalue weighted by atomic mass is 9.87. The van der Waals surface area contributed by atoms with E-state index < -0.39 is 0 Å². The molecule has 2 heterocycles. The molecule has 0 radical (unpaired) electrons. The molecule has 2 amide bonds. The summed E-state index contributed by atoms with van der Waals surface area (Å²) in [5.41, 5.74) is 9.71. The molecule has 2 aliphatic rings. The van der Waals surface area contributed by atoms with Crippen molar-refractivity contribution in [1.82, 2.24) is 10.6 Å². The molecule has 2 aliphatic heterocycles. The topological polar surface area (TPSA) is 110 Å². The Kier molecular flexibility index (Phi) is 12.3. The third-order valence-electron chi connectivity index (χ3n) is 5.24. The molecule has 6 heteroatoms. The van der Waals surface area contributed by atoms with Crippen molar-refractivity contribution in [3.8, 4) is 0 Å². The number of unbranched alkanes of at least 4 members (excludes halogenated alkanes) is 1. The maximum Gasteiger partial charge on any atom is 0.217 e. The minimum absolute atomic E-state index is 0.329. The van der Waals surface area contributed by atoms with E-state index in [9.17, 15) is 9.59 Å². The van der Waals surface area contributed by atoms with Gasteiger partial charge in [0.05, 0.1) is 0 Å². The van der Waals surface area contributed by atoms with Crippen LogP contribution in [0, 0.1) is 11.8 Å². The van der Waals surface area contributed by atoms with Gasteiger partial charge in [-0.1, -0.05) is 19.3 Å². The van der Waals surface area contributed by atoms with Gasteiger partial charge in [-0.2, -0.15) is 0 Å². The lowest BCUT2D eigenvalue weighted by molar-refractivity contribution is -0.119. The first-order valence-electron chi connectivity index (χ1n) is 10.1. The molecule has 0 aromatic rings. The Bertz CT molecular complexity index is 330. The first-order chi connectivity index (χ1) is 12.1. The standard InChI is InChI=1S/C13H26N2.C6H12N2O2/c1(2-12-4-8-14-9-5-12)3-13-6-10-15-11-7-13;7-5(9)3-1-2-4-6(8)10/h12-15H,1-11H2;1-4H2,(H2,7,9)(H2,8,10). The summed E-state index contributed by atoms with van der Waals surface area (Å²) >= 11 is 0. The van der Waals surface area contributed by atoms with Crippen molar-refractivity contribution >= 4 is 11.8 Å². The second kappa shape index (κ2) is 14.1. The molecule has 6 nitrogen and oxygen atoms in total. The van der Waals surface area contributed by atoms with Crippen molar-refractivity contribution in [2.75, 3.05) is 26.2 Å². The molecular formula is C19H38N4O2. The van der Waals surface area contributed by atoms with E-state index in [1.54, 1.807) is 0 Å². The molecule has 0 bridgehead atoms. The number of nitrogens with one attached hydrogen (secondary N) is 2. The van der Waals surface area contributed by atoms with E-state index in [0.29, 0.717) is 25.7 Å². The van der Waals surface area contributed by atoms with Crippen LogP contribution in [0.5, 0.6) is 0 Å². The molecular weight excluding hydrogens is 316 g/mol. The summed E-state index contributed by atoms with van der Waals surface area (Å²) in [6, 6.07) is 0. The van der Waals surface area contributed by atoms with Crippen LogP contribution in [0.15, 0.2) is 0 Å². The monoisotopic (exact) mass is 354 g/mol. The van der Waals surface area contributed by atoms with E-state index in [-0.39, 0.29) is 11.8 Å². The van der Waals surface area contributed by atoms with Crippen molar-refractivity contribution in [2.24, 2.45) is 23.3 Å². The van der Waals surface area contributed by atoms with Crippen molar-refractivity contribution < 1.29 is 9.59 Å². The van der Waals surface area contributed by atoms with E-state index in [2.05, 4.69) is 10.6 Å². The van der Waals surface area contributed by atoms with Crippen molar-refractivity contribution in [2.45, 2.75) is 70.6 Å². The zero-order valence-corrected chi connectivity index (χ0v) is 15.7. The van der Waals surface area contributed by atoms with Gasteiger partial charge in [0.1, 0.15) is 0 Å². The van der Waals surface area contributed by atoms with Gasteiger partial charge < -0.3 is 22.1 Å². The molecule has 146 valence electrons. The number of rotatable bonds is 9. The Labute approximate surface area is 152 Å². The molecule has 25 heavy (non-hydrogen) atoms. The average molecular weight is 355 g/mol. The molecule has 2 saturated heterocycles. The summed E-state index contributed by atoms with van der Waals surface area (Å²) in [6.07, 6.45) is 12.1. The molecule has 0 unspecified atom stereocenters. The van der Waals surface area contributed by atoms with E-state index in [4.69, 9.17) is 11.5 Å². The fourth-order valence-electron chi connectivity index (χ4n) is 3.63. The van der Waals surface area contributed by atoms with Gasteiger partial charge in [0, 0.05) is 12.8 Å². The Morgan fingerprint density at radius 3 is 1.36 bits per heavy atom. The Morgan fingerprint density at radius 1 is 0.680 bits per heavy atom. The SMILES string of the molecule is C(CC1CCNCC1)CC1CCNCC1.NC(=O)CCCCC(N)=O. The van der Waals surface area contributed by atoms with E-state index in [1.165, 1.54) is 71.1 Å². The number of nitrogens with two attached hydrogens (primary N) is 2. The highest BCUT2D eigenvalue weighted by Crippen LogP contribution is 2.23. The van der Waals surface area contributed by atoms with Crippen molar-refractivity contribution in [3.63, 3.8) is 0 Å². The predicted octanol–water partition coefficient (Wildman–Crippen LogP) is 1.67. The highest BCUT2D eigenvalue weighted by atomic mass is 16.1. The number of hydrogen-bond acceptors (Lipinski definition) is 4. The van der Waals surface area contributed by atoms with Crippen molar-refractivity contribution in [1.29, 1.82) is 0 Å². The Hall–Kier alpha value is -1.14. The van der Waals surface area contributed by atoms with Gasteiger partial charge in [-0.25, -0.2) is 0 Å². The van der Waals surface area contributed by atoms with Gasteiger partial charge in [-0.3, -0.25) is 9.59 Å². The number of primary amides is 2. The van der Waals surface area contributed by atoms with Crippen LogP contribution in [0.1, 0.15) is 70.6 Å². The summed E-state index contributed by atoms with van der Waals surface area (Å²) in [5, 5.41) is 6.89. The smallest absolute Gasteiger partial charge is 0.217 e. The number of carbonyl (C=O) groups is 2. The quantitative estimate of drug-likeness (QED) is 0.472. The maximum absolute atomic E-state index is 10.2. The summed E-state index contributed by atoms with van der Waals surface area (Å²) in [6.45, 7) is 5.05. The van der Waals surface area contributed by atoms with Crippen LogP contribution in [0.2, 0.25) is 0 Å². The zero-order valence-electron chi connectivity index (χ0n) is 15.7. The van der Waals surface area contributed by atoms with E-state index >= 15 is 0 Å². The van der Waals surface area contributed by atoms with Crippen LogP contribution in [-0.2, 0) is 9.59 Å². The summed E-state index contributed by atoms with van der Waals surface area (Å²) < 4.78 is 0. The highest BCUT2D eigenvalue weighted by Gasteiger charge is 2.15.